The van der Waals surface area contributed by atoms with E-state index in [0.29, 0.717) is 13.0 Å². The molecule has 1 heterocycles. The van der Waals surface area contributed by atoms with E-state index in [2.05, 4.69) is 29.8 Å². The minimum Gasteiger partial charge on any atom is -0.478 e. The van der Waals surface area contributed by atoms with Crippen molar-refractivity contribution in [2.45, 2.75) is 33.2 Å². The van der Waals surface area contributed by atoms with Crippen LogP contribution in [0.4, 0.5) is 5.82 Å². The first-order valence-corrected chi connectivity index (χ1v) is 6.47. The van der Waals surface area contributed by atoms with Crippen molar-refractivity contribution < 1.29 is 9.90 Å². The topological polar surface area (TPSA) is 77.2 Å². The summed E-state index contributed by atoms with van der Waals surface area (Å²) in [6.07, 6.45) is 4.69. The lowest BCUT2D eigenvalue weighted by Gasteiger charge is -2.28. The number of nitrogens with zero attached hydrogens (tertiary/aromatic N) is 3. The fraction of sp³-hybridized carbons (Fsp3) is 0.400. The molecule has 1 rings (SSSR count). The van der Waals surface area contributed by atoms with Crippen molar-refractivity contribution in [3.8, 4) is 6.07 Å². The number of hydrogen-bond acceptors (Lipinski definition) is 4. The molecule has 0 atom stereocenters. The average molecular weight is 273 g/mol. The molecule has 0 amide bonds. The zero-order chi connectivity index (χ0) is 15.1. The highest BCUT2D eigenvalue weighted by atomic mass is 16.4. The van der Waals surface area contributed by atoms with Gasteiger partial charge in [0.25, 0.3) is 0 Å². The smallest absolute Gasteiger partial charge is 0.328 e. The quantitative estimate of drug-likeness (QED) is 0.806. The van der Waals surface area contributed by atoms with Gasteiger partial charge in [-0.25, -0.2) is 9.78 Å². The van der Waals surface area contributed by atoms with E-state index >= 15 is 0 Å². The van der Waals surface area contributed by atoms with Crippen LogP contribution in [0.1, 0.15) is 31.4 Å². The Labute approximate surface area is 119 Å². The second-order valence-electron chi connectivity index (χ2n) is 4.78. The van der Waals surface area contributed by atoms with E-state index in [0.717, 1.165) is 23.0 Å². The van der Waals surface area contributed by atoms with E-state index in [9.17, 15) is 4.79 Å². The zero-order valence-corrected chi connectivity index (χ0v) is 12.0. The van der Waals surface area contributed by atoms with Crippen LogP contribution in [0.15, 0.2) is 18.3 Å². The fourth-order valence-electron chi connectivity index (χ4n) is 1.93. The molecule has 0 aromatic carbocycles. The lowest BCUT2D eigenvalue weighted by molar-refractivity contribution is -0.131. The van der Waals surface area contributed by atoms with Gasteiger partial charge in [-0.05, 0) is 44.0 Å². The van der Waals surface area contributed by atoms with E-state index in [1.165, 1.54) is 6.08 Å². The number of pyridine rings is 1. The Kier molecular flexibility index (Phi) is 5.73. The third-order valence-electron chi connectivity index (χ3n) is 2.85. The Morgan fingerprint density at radius 1 is 1.60 bits per heavy atom. The van der Waals surface area contributed by atoms with Crippen molar-refractivity contribution in [2.75, 3.05) is 11.4 Å². The molecule has 0 fully saturated rings. The summed E-state index contributed by atoms with van der Waals surface area (Å²) in [5.74, 6) is -0.146. The first-order chi connectivity index (χ1) is 9.45. The van der Waals surface area contributed by atoms with Crippen LogP contribution in [0.5, 0.6) is 0 Å². The highest BCUT2D eigenvalue weighted by molar-refractivity contribution is 5.85. The molecule has 0 aliphatic rings. The van der Waals surface area contributed by atoms with Gasteiger partial charge >= 0.3 is 5.97 Å². The van der Waals surface area contributed by atoms with Crippen molar-refractivity contribution in [1.29, 1.82) is 5.26 Å². The number of aliphatic carboxylic acids is 1. The van der Waals surface area contributed by atoms with Crippen molar-refractivity contribution in [2.24, 2.45) is 0 Å². The monoisotopic (exact) mass is 273 g/mol. The van der Waals surface area contributed by atoms with Crippen LogP contribution in [0.3, 0.4) is 0 Å². The maximum absolute atomic E-state index is 10.5. The maximum atomic E-state index is 10.5. The van der Waals surface area contributed by atoms with E-state index in [1.54, 1.807) is 6.20 Å². The van der Waals surface area contributed by atoms with Gasteiger partial charge in [-0.15, -0.1) is 0 Å². The number of rotatable bonds is 6. The summed E-state index contributed by atoms with van der Waals surface area (Å²) in [6.45, 7) is 6.67. The molecule has 0 saturated carbocycles. The van der Waals surface area contributed by atoms with Gasteiger partial charge < -0.3 is 10.0 Å². The number of carbonyl (C=O) groups is 1. The molecule has 20 heavy (non-hydrogen) atoms. The van der Waals surface area contributed by atoms with Crippen molar-refractivity contribution in [3.63, 3.8) is 0 Å². The van der Waals surface area contributed by atoms with Gasteiger partial charge in [-0.3, -0.25) is 0 Å². The molecular weight excluding hydrogens is 254 g/mol. The minimum absolute atomic E-state index is 0.245. The number of anilines is 1. The second kappa shape index (κ2) is 7.29. The van der Waals surface area contributed by atoms with Crippen molar-refractivity contribution >= 4 is 17.9 Å². The van der Waals surface area contributed by atoms with Gasteiger partial charge in [0.05, 0.1) is 12.5 Å². The Hall–Kier alpha value is -2.35. The molecule has 0 spiro atoms. The maximum Gasteiger partial charge on any atom is 0.328 e. The van der Waals surface area contributed by atoms with Crippen molar-refractivity contribution in [3.05, 3.63) is 29.5 Å². The first kappa shape index (κ1) is 15.7. The summed E-state index contributed by atoms with van der Waals surface area (Å²) in [7, 11) is 0. The first-order valence-electron chi connectivity index (χ1n) is 6.47. The molecule has 106 valence electrons. The van der Waals surface area contributed by atoms with Gasteiger partial charge in [0, 0.05) is 24.9 Å². The van der Waals surface area contributed by atoms with Gasteiger partial charge in [0.2, 0.25) is 0 Å². The Balaban J connectivity index is 3.01. The molecule has 0 saturated heterocycles. The standard InChI is InChI=1S/C15H19N3O2/c1-11(2)18(8-4-7-16)15-12(3)9-13(10-17-15)5-6-14(19)20/h5-6,9-11H,4,8H2,1-3H3,(H,19,20)/b6-5+. The number of aromatic nitrogens is 1. The predicted octanol–water partition coefficient (Wildman–Crippen LogP) is 2.62. The van der Waals surface area contributed by atoms with Crippen LogP contribution >= 0.6 is 0 Å². The summed E-state index contributed by atoms with van der Waals surface area (Å²) in [4.78, 5) is 17.0. The molecule has 0 aliphatic heterocycles. The molecule has 0 radical (unpaired) electrons. The SMILES string of the molecule is Cc1cc(/C=C/C(=O)O)cnc1N(CCC#N)C(C)C. The molecule has 5 nitrogen and oxygen atoms in total. The molecule has 1 aromatic rings. The Morgan fingerprint density at radius 2 is 2.30 bits per heavy atom. The third-order valence-corrected chi connectivity index (χ3v) is 2.85. The fourth-order valence-corrected chi connectivity index (χ4v) is 1.93. The highest BCUT2D eigenvalue weighted by Crippen LogP contribution is 2.21. The summed E-state index contributed by atoms with van der Waals surface area (Å²) in [5, 5.41) is 17.3. The van der Waals surface area contributed by atoms with Crippen LogP contribution in [-0.4, -0.2) is 28.6 Å². The van der Waals surface area contributed by atoms with Crippen LogP contribution in [-0.2, 0) is 4.79 Å². The summed E-state index contributed by atoms with van der Waals surface area (Å²) >= 11 is 0. The van der Waals surface area contributed by atoms with Gasteiger partial charge in [0.1, 0.15) is 5.82 Å². The Morgan fingerprint density at radius 3 is 2.80 bits per heavy atom. The molecule has 1 N–H and O–H groups in total. The number of carboxylic acid groups (broad SMARTS) is 1. The summed E-state index contributed by atoms with van der Waals surface area (Å²) < 4.78 is 0. The van der Waals surface area contributed by atoms with Crippen LogP contribution in [0, 0.1) is 18.3 Å². The highest BCUT2D eigenvalue weighted by Gasteiger charge is 2.14. The molecule has 1 aromatic heterocycles. The van der Waals surface area contributed by atoms with E-state index in [1.807, 2.05) is 13.0 Å². The van der Waals surface area contributed by atoms with Gasteiger partial charge in [0.15, 0.2) is 0 Å². The lowest BCUT2D eigenvalue weighted by Crippen LogP contribution is -2.33. The Bertz CT molecular complexity index is 545. The molecule has 0 aliphatic carbocycles. The largest absolute Gasteiger partial charge is 0.478 e. The van der Waals surface area contributed by atoms with Crippen LogP contribution < -0.4 is 4.90 Å². The molecule has 0 bridgehead atoms. The zero-order valence-electron chi connectivity index (χ0n) is 12.0. The van der Waals surface area contributed by atoms with E-state index in [-0.39, 0.29) is 6.04 Å². The molecular formula is C15H19N3O2. The number of hydrogen-bond donors (Lipinski definition) is 1. The van der Waals surface area contributed by atoms with Crippen LogP contribution in [0.2, 0.25) is 0 Å². The summed E-state index contributed by atoms with van der Waals surface area (Å²) in [5.41, 5.74) is 1.71. The number of carboxylic acids is 1. The molecule has 5 heteroatoms. The van der Waals surface area contributed by atoms with Crippen molar-refractivity contribution in [1.82, 2.24) is 4.98 Å². The minimum atomic E-state index is -0.982. The van der Waals surface area contributed by atoms with E-state index in [4.69, 9.17) is 10.4 Å². The van der Waals surface area contributed by atoms with Crippen LogP contribution in [0.25, 0.3) is 6.08 Å². The van der Waals surface area contributed by atoms with Gasteiger partial charge in [-0.2, -0.15) is 5.26 Å². The number of aryl methyl sites for hydroxylation is 1. The second-order valence-corrected chi connectivity index (χ2v) is 4.78. The van der Waals surface area contributed by atoms with Gasteiger partial charge in [-0.1, -0.05) is 0 Å². The number of nitriles is 1. The summed E-state index contributed by atoms with van der Waals surface area (Å²) in [6, 6.07) is 4.28. The average Bonchev–Trinajstić information content (AvgIpc) is 2.38. The normalized spacial score (nSPS) is 10.8. The molecule has 0 unspecified atom stereocenters. The van der Waals surface area contributed by atoms with E-state index < -0.39 is 5.97 Å². The lowest BCUT2D eigenvalue weighted by atomic mass is 10.1. The third kappa shape index (κ3) is 4.39. The predicted molar refractivity (Wildman–Crippen MR) is 78.4 cm³/mol.